The summed E-state index contributed by atoms with van der Waals surface area (Å²) in [6.07, 6.45) is 0.730. The molecule has 6 rings (SSSR count). The molecule has 5 N–H and O–H groups in total. The average Bonchev–Trinajstić information content (AvgIpc) is 3.69. The largest absolute Gasteiger partial charge is 0.458 e. The zero-order chi connectivity index (χ0) is 49.1. The SMILES string of the molecule is CCC1(O)C(=O)OCc2c1cc1n(c2=O)Cc2c-1nc1cc(F)c(C)c3c1c2C(NC(=O)C(C)NC(=O)C(C)NC(=O)C(C)NC(=O)CCOCCOCCOCCOCCOCCOC)CC3. The number of halogens is 1. The number of hydrogen-bond donors (Lipinski definition) is 5. The Morgan fingerprint density at radius 3 is 1.97 bits per heavy atom. The van der Waals surface area contributed by atoms with E-state index in [0.29, 0.717) is 111 Å². The van der Waals surface area contributed by atoms with Crippen LogP contribution in [0.1, 0.15) is 86.4 Å². The number of nitrogens with zero attached hydrogens (tertiary/aromatic N) is 2. The maximum absolute atomic E-state index is 15.4. The van der Waals surface area contributed by atoms with Crippen molar-refractivity contribution in [1.29, 1.82) is 0 Å². The van der Waals surface area contributed by atoms with Crippen LogP contribution in [-0.4, -0.2) is 142 Å². The predicted octanol–water partition coefficient (Wildman–Crippen LogP) is 1.26. The molecule has 20 nitrogen and oxygen atoms in total. The lowest BCUT2D eigenvalue weighted by Gasteiger charge is -2.31. The van der Waals surface area contributed by atoms with Gasteiger partial charge in [0.05, 0.1) is 108 Å². The van der Waals surface area contributed by atoms with Crippen LogP contribution in [0.5, 0.6) is 0 Å². The maximum atomic E-state index is 15.4. The molecule has 2 aromatic heterocycles. The number of carbonyl (C=O) groups is 5. The second kappa shape index (κ2) is 23.7. The van der Waals surface area contributed by atoms with Crippen LogP contribution >= 0.6 is 0 Å². The van der Waals surface area contributed by atoms with Crippen molar-refractivity contribution in [2.24, 2.45) is 0 Å². The molecule has 21 heteroatoms. The van der Waals surface area contributed by atoms with E-state index in [1.54, 1.807) is 27.0 Å². The number of aromatic nitrogens is 2. The van der Waals surface area contributed by atoms with Gasteiger partial charge in [-0.1, -0.05) is 6.92 Å². The number of ether oxygens (including phenoxy) is 7. The molecule has 0 radical (unpaired) electrons. The topological polar surface area (TPSA) is 253 Å². The van der Waals surface area contributed by atoms with Crippen molar-refractivity contribution in [2.45, 2.75) is 103 Å². The van der Waals surface area contributed by atoms with E-state index < -0.39 is 70.7 Å². The maximum Gasteiger partial charge on any atom is 0.343 e. The highest BCUT2D eigenvalue weighted by molar-refractivity contribution is 5.96. The minimum absolute atomic E-state index is 0.00801. The number of amides is 4. The summed E-state index contributed by atoms with van der Waals surface area (Å²) in [6.45, 7) is 11.8. The van der Waals surface area contributed by atoms with Crippen LogP contribution in [0.4, 0.5) is 4.39 Å². The zero-order valence-electron chi connectivity index (χ0n) is 39.5. The van der Waals surface area contributed by atoms with Gasteiger partial charge in [0.25, 0.3) is 5.56 Å². The minimum Gasteiger partial charge on any atom is -0.458 e. The normalized spacial score (nSPS) is 18.2. The number of fused-ring (bicyclic) bond motifs is 5. The molecule has 3 aromatic rings. The number of aliphatic hydroxyl groups is 1. The zero-order valence-corrected chi connectivity index (χ0v) is 39.5. The number of pyridine rings is 2. The number of esters is 1. The molecule has 3 aliphatic rings. The Morgan fingerprint density at radius 2 is 1.38 bits per heavy atom. The van der Waals surface area contributed by atoms with E-state index >= 15 is 4.39 Å². The molecule has 4 amide bonds. The van der Waals surface area contributed by atoms with Crippen molar-refractivity contribution < 1.29 is 66.6 Å². The van der Waals surface area contributed by atoms with Crippen LogP contribution in [0.25, 0.3) is 22.3 Å². The summed E-state index contributed by atoms with van der Waals surface area (Å²) in [5.74, 6) is -3.54. The number of cyclic esters (lactones) is 1. The number of carbonyl (C=O) groups excluding carboxylic acids is 5. The summed E-state index contributed by atoms with van der Waals surface area (Å²) in [7, 11) is 1.61. The summed E-state index contributed by atoms with van der Waals surface area (Å²) in [5.41, 5.74) is 1.27. The number of aryl methyl sites for hydroxylation is 1. The second-order valence-corrected chi connectivity index (χ2v) is 17.0. The van der Waals surface area contributed by atoms with E-state index in [1.165, 1.54) is 31.4 Å². The van der Waals surface area contributed by atoms with Crippen molar-refractivity contribution in [1.82, 2.24) is 30.8 Å². The first-order chi connectivity index (χ1) is 32.6. The first kappa shape index (κ1) is 52.0. The van der Waals surface area contributed by atoms with Gasteiger partial charge in [-0.25, -0.2) is 14.2 Å². The van der Waals surface area contributed by atoms with Crippen LogP contribution in [0.2, 0.25) is 0 Å². The monoisotopic (exact) mass is 954 g/mol. The summed E-state index contributed by atoms with van der Waals surface area (Å²) in [5, 5.41) is 22.9. The number of hydrogen-bond acceptors (Lipinski definition) is 15. The summed E-state index contributed by atoms with van der Waals surface area (Å²) in [6, 6.07) is -0.864. The molecule has 0 saturated carbocycles. The standard InChI is InChI=1S/C47H63FN6O14/c1-7-47(61)33-22-37-41-31(24-54(37)45(59)32(33)25-68-46(47)60)40-35(9-8-30-26(2)34(48)23-36(52-41)39(30)40)53-44(58)29(5)51-43(57)28(4)50-42(56)27(3)49-38(55)10-11-63-14-15-65-18-19-67-21-20-66-17-16-64-13-12-62-6/h22-23,27-29,35,61H,7-21,24-25H2,1-6H3,(H,49,55)(H,50,56)(H,51,57)(H,53,58). The average molecular weight is 955 g/mol. The summed E-state index contributed by atoms with van der Waals surface area (Å²) >= 11 is 0. The molecular weight excluding hydrogens is 892 g/mol. The van der Waals surface area contributed by atoms with Gasteiger partial charge in [0.1, 0.15) is 30.5 Å². The lowest BCUT2D eigenvalue weighted by atomic mass is 9.81. The highest BCUT2D eigenvalue weighted by Crippen LogP contribution is 2.46. The highest BCUT2D eigenvalue weighted by Gasteiger charge is 2.46. The quantitative estimate of drug-likeness (QED) is 0.0439. The molecule has 2 aliphatic heterocycles. The van der Waals surface area contributed by atoms with Gasteiger partial charge >= 0.3 is 5.97 Å². The lowest BCUT2D eigenvalue weighted by Crippen LogP contribution is -2.54. The molecule has 5 atom stereocenters. The van der Waals surface area contributed by atoms with Crippen LogP contribution in [0, 0.1) is 12.7 Å². The Balaban J connectivity index is 0.962. The third-order valence-electron chi connectivity index (χ3n) is 12.4. The second-order valence-electron chi connectivity index (χ2n) is 17.0. The van der Waals surface area contributed by atoms with Crippen molar-refractivity contribution in [2.75, 3.05) is 79.8 Å². The van der Waals surface area contributed by atoms with Gasteiger partial charge in [0.15, 0.2) is 5.60 Å². The Hall–Kier alpha value is -5.42. The third-order valence-corrected chi connectivity index (χ3v) is 12.4. The Bertz CT molecular complexity index is 2410. The lowest BCUT2D eigenvalue weighted by molar-refractivity contribution is -0.172. The van der Waals surface area contributed by atoms with Crippen molar-refractivity contribution in [3.05, 3.63) is 61.7 Å². The molecular formula is C47H63FN6O14. The number of rotatable bonds is 26. The molecule has 0 bridgehead atoms. The number of methoxy groups -OCH3 is 1. The fourth-order valence-corrected chi connectivity index (χ4v) is 8.47. The number of benzene rings is 1. The van der Waals surface area contributed by atoms with Crippen LogP contribution in [0.3, 0.4) is 0 Å². The van der Waals surface area contributed by atoms with Crippen molar-refractivity contribution >= 4 is 40.5 Å². The third kappa shape index (κ3) is 11.9. The van der Waals surface area contributed by atoms with Gasteiger partial charge < -0.3 is 64.1 Å². The van der Waals surface area contributed by atoms with E-state index in [0.717, 1.165) is 5.56 Å². The van der Waals surface area contributed by atoms with Crippen molar-refractivity contribution in [3.8, 4) is 11.4 Å². The van der Waals surface area contributed by atoms with Crippen LogP contribution < -0.4 is 26.8 Å². The van der Waals surface area contributed by atoms with Gasteiger partial charge in [-0.2, -0.15) is 0 Å². The molecule has 0 fully saturated rings. The smallest absolute Gasteiger partial charge is 0.343 e. The molecule has 0 saturated heterocycles. The Labute approximate surface area is 393 Å². The fourth-order valence-electron chi connectivity index (χ4n) is 8.47. The molecule has 68 heavy (non-hydrogen) atoms. The molecule has 5 unspecified atom stereocenters. The van der Waals surface area contributed by atoms with E-state index in [1.807, 2.05) is 0 Å². The van der Waals surface area contributed by atoms with E-state index in [-0.39, 0.29) is 50.3 Å². The molecule has 1 aromatic carbocycles. The molecule has 372 valence electrons. The van der Waals surface area contributed by atoms with Crippen LogP contribution in [-0.2, 0) is 82.3 Å². The fraction of sp³-hybridized carbons (Fsp3) is 0.596. The van der Waals surface area contributed by atoms with E-state index in [2.05, 4.69) is 21.3 Å². The van der Waals surface area contributed by atoms with Gasteiger partial charge in [0.2, 0.25) is 23.6 Å². The highest BCUT2D eigenvalue weighted by atomic mass is 19.1. The predicted molar refractivity (Wildman–Crippen MR) is 242 cm³/mol. The molecule has 0 spiro atoms. The Morgan fingerprint density at radius 1 is 0.824 bits per heavy atom. The van der Waals surface area contributed by atoms with Gasteiger partial charge in [-0.05, 0) is 69.7 Å². The van der Waals surface area contributed by atoms with E-state index in [9.17, 15) is 33.9 Å². The molecule has 1 aliphatic carbocycles. The van der Waals surface area contributed by atoms with Crippen molar-refractivity contribution in [3.63, 3.8) is 0 Å². The van der Waals surface area contributed by atoms with Crippen LogP contribution in [0.15, 0.2) is 16.9 Å². The summed E-state index contributed by atoms with van der Waals surface area (Å²) < 4.78 is 54.0. The van der Waals surface area contributed by atoms with Gasteiger partial charge in [-0.15, -0.1) is 0 Å². The van der Waals surface area contributed by atoms with Gasteiger partial charge in [0, 0.05) is 36.1 Å². The molecule has 4 heterocycles. The Kier molecular flexibility index (Phi) is 18.1. The first-order valence-corrected chi connectivity index (χ1v) is 23.0. The van der Waals surface area contributed by atoms with Gasteiger partial charge in [-0.3, -0.25) is 24.0 Å². The summed E-state index contributed by atoms with van der Waals surface area (Å²) in [4.78, 5) is 84.0. The minimum atomic E-state index is -2.04. The number of nitrogens with one attached hydrogen (secondary N) is 4. The van der Waals surface area contributed by atoms with E-state index in [4.69, 9.17) is 38.1 Å². The first-order valence-electron chi connectivity index (χ1n) is 23.0.